The van der Waals surface area contributed by atoms with Crippen LogP contribution in [0.5, 0.6) is 0 Å². The summed E-state index contributed by atoms with van der Waals surface area (Å²) in [5, 5.41) is 2.92. The SMILES string of the molecule is CCCCNC(=O)[C@H](C)N(Cc1ccccc1F)C(=O)CN(c1ccccc1Cl)S(=O)(=O)c1ccccc1. The molecule has 0 aliphatic carbocycles. The highest BCUT2D eigenvalue weighted by Gasteiger charge is 2.33. The van der Waals surface area contributed by atoms with Gasteiger partial charge in [-0.3, -0.25) is 13.9 Å². The van der Waals surface area contributed by atoms with Gasteiger partial charge >= 0.3 is 0 Å². The molecule has 10 heteroatoms. The lowest BCUT2D eigenvalue weighted by Gasteiger charge is -2.32. The minimum atomic E-state index is -4.22. The van der Waals surface area contributed by atoms with Crippen LogP contribution in [0.1, 0.15) is 32.3 Å². The van der Waals surface area contributed by atoms with E-state index in [1.54, 1.807) is 36.4 Å². The summed E-state index contributed by atoms with van der Waals surface area (Å²) < 4.78 is 42.9. The highest BCUT2D eigenvalue weighted by molar-refractivity contribution is 7.92. The summed E-state index contributed by atoms with van der Waals surface area (Å²) in [6.45, 7) is 3.07. The van der Waals surface area contributed by atoms with Crippen LogP contribution in [0.4, 0.5) is 10.1 Å². The molecule has 3 aromatic rings. The molecule has 0 saturated heterocycles. The van der Waals surface area contributed by atoms with E-state index in [-0.39, 0.29) is 27.7 Å². The number of carbonyl (C=O) groups excluding carboxylic acids is 2. The molecule has 7 nitrogen and oxygen atoms in total. The fourth-order valence-electron chi connectivity index (χ4n) is 3.82. The second-order valence-corrected chi connectivity index (χ2v) is 11.0. The monoisotopic (exact) mass is 559 g/mol. The standard InChI is InChI=1S/C28H31ClFN3O4S/c1-3-4-18-31-28(35)21(2)32(19-22-12-8-10-16-25(22)30)27(34)20-33(26-17-11-9-15-24(26)29)38(36,37)23-13-6-5-7-14-23/h5-17,21H,3-4,18-20H2,1-2H3,(H,31,35)/t21-/m0/s1. The number of anilines is 1. The lowest BCUT2D eigenvalue weighted by molar-refractivity contribution is -0.139. The largest absolute Gasteiger partial charge is 0.354 e. The second kappa shape index (κ2) is 13.4. The van der Waals surface area contributed by atoms with E-state index in [4.69, 9.17) is 11.6 Å². The van der Waals surface area contributed by atoms with Gasteiger partial charge in [-0.05, 0) is 43.7 Å². The Labute approximate surface area is 228 Å². The molecule has 2 amide bonds. The van der Waals surface area contributed by atoms with E-state index in [1.807, 2.05) is 6.92 Å². The normalized spacial score (nSPS) is 12.0. The average Bonchev–Trinajstić information content (AvgIpc) is 2.91. The number of benzene rings is 3. The Balaban J connectivity index is 2.01. The van der Waals surface area contributed by atoms with Crippen molar-refractivity contribution in [3.05, 3.63) is 95.3 Å². The Kier molecular flexibility index (Phi) is 10.3. The fourth-order valence-corrected chi connectivity index (χ4v) is 5.56. The predicted octanol–water partition coefficient (Wildman–Crippen LogP) is 5.01. The first-order chi connectivity index (χ1) is 18.2. The minimum Gasteiger partial charge on any atom is -0.354 e. The topological polar surface area (TPSA) is 86.8 Å². The van der Waals surface area contributed by atoms with Crippen molar-refractivity contribution in [2.45, 2.75) is 44.2 Å². The molecule has 0 spiro atoms. The van der Waals surface area contributed by atoms with Crippen LogP contribution in [0.3, 0.4) is 0 Å². The fraction of sp³-hybridized carbons (Fsp3) is 0.286. The van der Waals surface area contributed by atoms with E-state index >= 15 is 0 Å². The number of hydrogen-bond acceptors (Lipinski definition) is 4. The smallest absolute Gasteiger partial charge is 0.264 e. The quantitative estimate of drug-likeness (QED) is 0.316. The number of nitrogens with one attached hydrogen (secondary N) is 1. The molecule has 0 aromatic heterocycles. The lowest BCUT2D eigenvalue weighted by atomic mass is 10.1. The molecule has 0 aliphatic heterocycles. The van der Waals surface area contributed by atoms with Gasteiger partial charge < -0.3 is 10.2 Å². The van der Waals surface area contributed by atoms with Crippen LogP contribution >= 0.6 is 11.6 Å². The molecule has 0 unspecified atom stereocenters. The molecule has 0 radical (unpaired) electrons. The number of halogens is 2. The zero-order valence-electron chi connectivity index (χ0n) is 21.3. The van der Waals surface area contributed by atoms with Crippen molar-refractivity contribution in [1.29, 1.82) is 0 Å². The van der Waals surface area contributed by atoms with Crippen molar-refractivity contribution in [2.24, 2.45) is 0 Å². The zero-order chi connectivity index (χ0) is 27.7. The Bertz CT molecular complexity index is 1350. The number of unbranched alkanes of at least 4 members (excludes halogenated alkanes) is 1. The van der Waals surface area contributed by atoms with Gasteiger partial charge in [-0.2, -0.15) is 0 Å². The number of sulfonamides is 1. The first-order valence-corrected chi connectivity index (χ1v) is 14.1. The van der Waals surface area contributed by atoms with E-state index in [9.17, 15) is 22.4 Å². The van der Waals surface area contributed by atoms with Crippen LogP contribution < -0.4 is 9.62 Å². The third kappa shape index (κ3) is 7.11. The summed E-state index contributed by atoms with van der Waals surface area (Å²) in [6, 6.07) is 18.9. The molecule has 3 rings (SSSR count). The van der Waals surface area contributed by atoms with Crippen molar-refractivity contribution in [3.63, 3.8) is 0 Å². The number of para-hydroxylation sites is 1. The predicted molar refractivity (Wildman–Crippen MR) is 147 cm³/mol. The van der Waals surface area contributed by atoms with Crippen molar-refractivity contribution >= 4 is 39.1 Å². The van der Waals surface area contributed by atoms with Gasteiger partial charge in [-0.1, -0.05) is 73.5 Å². The number of carbonyl (C=O) groups is 2. The summed E-state index contributed by atoms with van der Waals surface area (Å²) in [5.74, 6) is -1.65. The Morgan fingerprint density at radius 3 is 2.26 bits per heavy atom. The van der Waals surface area contributed by atoms with E-state index in [2.05, 4.69) is 5.32 Å². The molecule has 0 heterocycles. The highest BCUT2D eigenvalue weighted by Crippen LogP contribution is 2.30. The van der Waals surface area contributed by atoms with Crippen LogP contribution in [0.25, 0.3) is 0 Å². The molecule has 1 atom stereocenters. The lowest BCUT2D eigenvalue weighted by Crippen LogP contribution is -2.51. The summed E-state index contributed by atoms with van der Waals surface area (Å²) >= 11 is 6.37. The molecular weight excluding hydrogens is 529 g/mol. The van der Waals surface area contributed by atoms with Crippen LogP contribution in [-0.4, -0.2) is 44.3 Å². The van der Waals surface area contributed by atoms with Gasteiger partial charge in [-0.25, -0.2) is 12.8 Å². The maximum atomic E-state index is 14.6. The van der Waals surface area contributed by atoms with E-state index in [0.717, 1.165) is 17.1 Å². The maximum absolute atomic E-state index is 14.6. The van der Waals surface area contributed by atoms with Gasteiger partial charge in [-0.15, -0.1) is 0 Å². The molecule has 38 heavy (non-hydrogen) atoms. The van der Waals surface area contributed by atoms with Crippen molar-refractivity contribution in [2.75, 3.05) is 17.4 Å². The van der Waals surface area contributed by atoms with Crippen molar-refractivity contribution < 1.29 is 22.4 Å². The van der Waals surface area contributed by atoms with Crippen LogP contribution in [-0.2, 0) is 26.2 Å². The summed E-state index contributed by atoms with van der Waals surface area (Å²) in [7, 11) is -4.22. The summed E-state index contributed by atoms with van der Waals surface area (Å²) in [4.78, 5) is 27.9. The van der Waals surface area contributed by atoms with E-state index in [1.165, 1.54) is 54.3 Å². The van der Waals surface area contributed by atoms with Gasteiger partial charge in [0.05, 0.1) is 15.6 Å². The van der Waals surface area contributed by atoms with Gasteiger partial charge in [0.15, 0.2) is 0 Å². The highest BCUT2D eigenvalue weighted by atomic mass is 35.5. The molecule has 0 fully saturated rings. The van der Waals surface area contributed by atoms with Crippen LogP contribution in [0, 0.1) is 5.82 Å². The van der Waals surface area contributed by atoms with Crippen LogP contribution in [0.2, 0.25) is 5.02 Å². The number of nitrogens with zero attached hydrogens (tertiary/aromatic N) is 2. The summed E-state index contributed by atoms with van der Waals surface area (Å²) in [6.07, 6.45) is 1.63. The second-order valence-electron chi connectivity index (χ2n) is 8.71. The summed E-state index contributed by atoms with van der Waals surface area (Å²) in [5.41, 5.74) is 0.307. The third-order valence-electron chi connectivity index (χ3n) is 6.03. The molecular formula is C28H31ClFN3O4S. The van der Waals surface area contributed by atoms with Crippen molar-refractivity contribution in [3.8, 4) is 0 Å². The molecule has 3 aromatic carbocycles. The van der Waals surface area contributed by atoms with E-state index in [0.29, 0.717) is 6.54 Å². The number of rotatable bonds is 12. The van der Waals surface area contributed by atoms with Gasteiger partial charge in [0.2, 0.25) is 11.8 Å². The van der Waals surface area contributed by atoms with E-state index < -0.39 is 40.2 Å². The molecule has 0 bridgehead atoms. The average molecular weight is 560 g/mol. The molecule has 0 saturated carbocycles. The van der Waals surface area contributed by atoms with Crippen molar-refractivity contribution in [1.82, 2.24) is 10.2 Å². The first kappa shape index (κ1) is 29.1. The van der Waals surface area contributed by atoms with Crippen LogP contribution in [0.15, 0.2) is 83.8 Å². The molecule has 0 aliphatic rings. The van der Waals surface area contributed by atoms with Gasteiger partial charge in [0.25, 0.3) is 10.0 Å². The first-order valence-electron chi connectivity index (χ1n) is 12.3. The third-order valence-corrected chi connectivity index (χ3v) is 8.12. The number of hydrogen-bond donors (Lipinski definition) is 1. The number of amides is 2. The minimum absolute atomic E-state index is 0.0290. The Morgan fingerprint density at radius 1 is 0.974 bits per heavy atom. The Morgan fingerprint density at radius 2 is 1.61 bits per heavy atom. The molecule has 1 N–H and O–H groups in total. The van der Waals surface area contributed by atoms with Gasteiger partial charge in [0, 0.05) is 18.7 Å². The zero-order valence-corrected chi connectivity index (χ0v) is 22.9. The van der Waals surface area contributed by atoms with Gasteiger partial charge in [0.1, 0.15) is 18.4 Å². The maximum Gasteiger partial charge on any atom is 0.264 e. The molecule has 202 valence electrons. The Hall–Kier alpha value is -3.43.